The minimum atomic E-state index is -2.33. The Morgan fingerprint density at radius 2 is 1.82 bits per heavy atom. The first-order valence-electron chi connectivity index (χ1n) is 12.7. The van der Waals surface area contributed by atoms with Crippen LogP contribution in [0.15, 0.2) is 22.8 Å². The molecule has 3 aliphatic heterocycles. The first kappa shape index (κ1) is 23.6. The van der Waals surface area contributed by atoms with E-state index in [1.165, 1.54) is 18.3 Å². The van der Waals surface area contributed by atoms with Gasteiger partial charge in [-0.25, -0.2) is 0 Å². The zero-order valence-electron chi connectivity index (χ0n) is 20.7. The number of hydrogen-bond acceptors (Lipinski definition) is 8. The molecule has 6 aliphatic rings. The van der Waals surface area contributed by atoms with Crippen molar-refractivity contribution in [2.24, 2.45) is 28.6 Å². The molecular weight excluding hydrogens is 440 g/mol. The van der Waals surface area contributed by atoms with E-state index in [4.69, 9.17) is 18.9 Å². The molecule has 1 saturated carbocycles. The zero-order valence-corrected chi connectivity index (χ0v) is 20.7. The quantitative estimate of drug-likeness (QED) is 0.442. The van der Waals surface area contributed by atoms with E-state index in [9.17, 15) is 20.4 Å². The van der Waals surface area contributed by atoms with Crippen LogP contribution in [0.2, 0.25) is 0 Å². The molecule has 0 aromatic carbocycles. The van der Waals surface area contributed by atoms with Gasteiger partial charge in [0, 0.05) is 18.4 Å². The van der Waals surface area contributed by atoms with Crippen LogP contribution in [0, 0.1) is 28.6 Å². The van der Waals surface area contributed by atoms with E-state index in [0.717, 1.165) is 25.7 Å². The van der Waals surface area contributed by atoms with E-state index in [0.29, 0.717) is 11.5 Å². The number of aliphatic hydroxyl groups excluding tert-OH is 2. The molecule has 3 aliphatic carbocycles. The third-order valence-corrected chi connectivity index (χ3v) is 10.2. The standard InChI is InChI=1S/C26H38O8/c1-12(2)13-6-7-23(3)8-9-24(4)19(17(13)23)15(27)10-14-18-20(24)33-22-25(18,29)26(30,16(28)11-32-22)34-21(14)31-5/h10,12,15-16,18-22,27-30H,6-9,11H2,1-5H3/t15-,16+,18+,19+,20-,21+,22-,23+,24+,25-,26-/m0/s1. The highest BCUT2D eigenvalue weighted by atomic mass is 16.8. The van der Waals surface area contributed by atoms with Gasteiger partial charge in [0.2, 0.25) is 5.79 Å². The second-order valence-corrected chi connectivity index (χ2v) is 12.2. The summed E-state index contributed by atoms with van der Waals surface area (Å²) in [6.45, 7) is 8.65. The number of ether oxygens (including phenoxy) is 4. The molecule has 0 bridgehead atoms. The maximum Gasteiger partial charge on any atom is 0.232 e. The van der Waals surface area contributed by atoms with E-state index in [1.54, 1.807) is 6.08 Å². The number of methoxy groups -OCH3 is 1. The number of rotatable bonds is 2. The average molecular weight is 479 g/mol. The molecule has 4 fully saturated rings. The number of aliphatic hydroxyl groups is 4. The van der Waals surface area contributed by atoms with Crippen LogP contribution in [0.1, 0.15) is 53.4 Å². The van der Waals surface area contributed by atoms with Crippen molar-refractivity contribution in [2.75, 3.05) is 13.7 Å². The third-order valence-electron chi connectivity index (χ3n) is 10.2. The van der Waals surface area contributed by atoms with Crippen LogP contribution >= 0.6 is 0 Å². The summed E-state index contributed by atoms with van der Waals surface area (Å²) in [7, 11) is 1.45. The highest BCUT2D eigenvalue weighted by molar-refractivity contribution is 5.41. The Labute approximate surface area is 200 Å². The maximum atomic E-state index is 12.1. The molecule has 190 valence electrons. The number of fused-ring (bicyclic) bond motifs is 4. The second-order valence-electron chi connectivity index (χ2n) is 12.2. The van der Waals surface area contributed by atoms with Crippen LogP contribution < -0.4 is 0 Å². The lowest BCUT2D eigenvalue weighted by Crippen LogP contribution is -2.77. The van der Waals surface area contributed by atoms with Crippen LogP contribution in [0.5, 0.6) is 0 Å². The molecular formula is C26H38O8. The summed E-state index contributed by atoms with van der Waals surface area (Å²) < 4.78 is 23.7. The van der Waals surface area contributed by atoms with Crippen LogP contribution in [-0.2, 0) is 18.9 Å². The van der Waals surface area contributed by atoms with Crippen molar-refractivity contribution < 1.29 is 39.4 Å². The fourth-order valence-electron chi connectivity index (χ4n) is 8.40. The summed E-state index contributed by atoms with van der Waals surface area (Å²) in [6, 6.07) is 0. The molecule has 0 aromatic rings. The topological polar surface area (TPSA) is 118 Å². The summed E-state index contributed by atoms with van der Waals surface area (Å²) in [6.07, 6.45) is 0.519. The molecule has 0 spiro atoms. The molecule has 0 amide bonds. The third kappa shape index (κ3) is 2.56. The van der Waals surface area contributed by atoms with Crippen LogP contribution in [0.4, 0.5) is 0 Å². The van der Waals surface area contributed by atoms with Gasteiger partial charge >= 0.3 is 0 Å². The van der Waals surface area contributed by atoms with Crippen molar-refractivity contribution in [2.45, 2.75) is 95.7 Å². The van der Waals surface area contributed by atoms with Crippen molar-refractivity contribution in [1.29, 1.82) is 0 Å². The highest BCUT2D eigenvalue weighted by Gasteiger charge is 2.79. The first-order valence-corrected chi connectivity index (χ1v) is 12.7. The lowest BCUT2D eigenvalue weighted by molar-refractivity contribution is -0.441. The molecule has 34 heavy (non-hydrogen) atoms. The minimum Gasteiger partial charge on any atom is -0.388 e. The van der Waals surface area contributed by atoms with Gasteiger partial charge < -0.3 is 39.4 Å². The van der Waals surface area contributed by atoms with Gasteiger partial charge in [-0.2, -0.15) is 0 Å². The van der Waals surface area contributed by atoms with Crippen molar-refractivity contribution in [3.63, 3.8) is 0 Å². The predicted molar refractivity (Wildman–Crippen MR) is 120 cm³/mol. The van der Waals surface area contributed by atoms with Gasteiger partial charge in [0.05, 0.1) is 24.7 Å². The van der Waals surface area contributed by atoms with Crippen molar-refractivity contribution in [3.8, 4) is 0 Å². The van der Waals surface area contributed by atoms with Crippen molar-refractivity contribution >= 4 is 0 Å². The second kappa shape index (κ2) is 7.13. The Bertz CT molecular complexity index is 960. The van der Waals surface area contributed by atoms with Crippen molar-refractivity contribution in [3.05, 3.63) is 22.8 Å². The molecule has 11 atom stereocenters. The van der Waals surface area contributed by atoms with E-state index in [-0.39, 0.29) is 17.9 Å². The Morgan fingerprint density at radius 1 is 1.09 bits per heavy atom. The lowest BCUT2D eigenvalue weighted by atomic mass is 9.52. The van der Waals surface area contributed by atoms with Gasteiger partial charge in [0.25, 0.3) is 0 Å². The predicted octanol–water partition coefficient (Wildman–Crippen LogP) is 1.61. The first-order chi connectivity index (χ1) is 15.9. The zero-order chi connectivity index (χ0) is 24.4. The monoisotopic (exact) mass is 478 g/mol. The Balaban J connectivity index is 1.58. The van der Waals surface area contributed by atoms with Gasteiger partial charge in [0.15, 0.2) is 18.2 Å². The van der Waals surface area contributed by atoms with Gasteiger partial charge in [-0.15, -0.1) is 0 Å². The molecule has 8 nitrogen and oxygen atoms in total. The molecule has 0 unspecified atom stereocenters. The van der Waals surface area contributed by atoms with E-state index < -0.39 is 53.6 Å². The number of allylic oxidation sites excluding steroid dienone is 1. The average Bonchev–Trinajstić information content (AvgIpc) is 3.26. The fourth-order valence-corrected chi connectivity index (χ4v) is 8.40. The Kier molecular flexibility index (Phi) is 4.94. The summed E-state index contributed by atoms with van der Waals surface area (Å²) in [4.78, 5) is 0. The summed E-state index contributed by atoms with van der Waals surface area (Å²) in [5, 5.41) is 46.1. The van der Waals surface area contributed by atoms with Crippen molar-refractivity contribution in [1.82, 2.24) is 0 Å². The van der Waals surface area contributed by atoms with Crippen LogP contribution in [0.25, 0.3) is 0 Å². The summed E-state index contributed by atoms with van der Waals surface area (Å²) in [5.41, 5.74) is 0.716. The Morgan fingerprint density at radius 3 is 2.50 bits per heavy atom. The summed E-state index contributed by atoms with van der Waals surface area (Å²) >= 11 is 0. The smallest absolute Gasteiger partial charge is 0.232 e. The highest BCUT2D eigenvalue weighted by Crippen LogP contribution is 2.68. The molecule has 8 heteroatoms. The SMILES string of the molecule is CO[C@@H]1O[C@@]2(O)[C@H](O)CO[C@H]3O[C@H]4[C@@H](C1=C[C@H](O)[C@@H]1C5=C(C(C)C)CC[C@]5(C)CC[C@@]41C)[C@]32O. The largest absolute Gasteiger partial charge is 0.388 e. The summed E-state index contributed by atoms with van der Waals surface area (Å²) in [5.74, 6) is -2.93. The Hall–Kier alpha value is -0.840. The van der Waals surface area contributed by atoms with Crippen LogP contribution in [0.3, 0.4) is 0 Å². The van der Waals surface area contributed by atoms with E-state index in [1.807, 2.05) is 0 Å². The van der Waals surface area contributed by atoms with E-state index >= 15 is 0 Å². The number of hydrogen-bond donors (Lipinski definition) is 4. The van der Waals surface area contributed by atoms with Gasteiger partial charge in [-0.1, -0.05) is 44.9 Å². The van der Waals surface area contributed by atoms with Gasteiger partial charge in [-0.3, -0.25) is 0 Å². The molecule has 3 saturated heterocycles. The molecule has 0 aromatic heterocycles. The lowest BCUT2D eigenvalue weighted by Gasteiger charge is -2.56. The molecule has 3 heterocycles. The molecule has 4 N–H and O–H groups in total. The minimum absolute atomic E-state index is 0.0195. The maximum absolute atomic E-state index is 12.1. The van der Waals surface area contributed by atoms with Crippen LogP contribution in [-0.4, -0.2) is 76.4 Å². The molecule has 0 radical (unpaired) electrons. The molecule has 6 rings (SSSR count). The normalized spacial score (nSPS) is 56.1. The van der Waals surface area contributed by atoms with Gasteiger partial charge in [-0.05, 0) is 42.6 Å². The fraction of sp³-hybridized carbons (Fsp3) is 0.846. The van der Waals surface area contributed by atoms with Gasteiger partial charge in [0.1, 0.15) is 6.10 Å². The van der Waals surface area contributed by atoms with E-state index in [2.05, 4.69) is 27.7 Å².